The maximum Gasteiger partial charge on any atom is 0.240 e. The van der Waals surface area contributed by atoms with Gasteiger partial charge in [-0.05, 0) is 67.8 Å². The van der Waals surface area contributed by atoms with Crippen molar-refractivity contribution in [3.05, 3.63) is 29.3 Å². The number of fused-ring (bicyclic) bond motifs is 1. The number of nitrogens with one attached hydrogen (secondary N) is 1. The van der Waals surface area contributed by atoms with Crippen LogP contribution in [0.2, 0.25) is 0 Å². The first kappa shape index (κ1) is 14.0. The molecule has 2 unspecified atom stereocenters. The Labute approximate surface area is 120 Å². The molecule has 2 aliphatic carbocycles. The van der Waals surface area contributed by atoms with Crippen LogP contribution in [-0.2, 0) is 22.9 Å². The molecule has 0 bridgehead atoms. The zero-order valence-corrected chi connectivity index (χ0v) is 12.5. The quantitative estimate of drug-likeness (QED) is 0.885. The molecule has 4 nitrogen and oxygen atoms in total. The van der Waals surface area contributed by atoms with E-state index >= 15 is 0 Å². The summed E-state index contributed by atoms with van der Waals surface area (Å²) in [5.74, 6) is 0.277. The van der Waals surface area contributed by atoms with Crippen LogP contribution >= 0.6 is 0 Å². The van der Waals surface area contributed by atoms with Crippen LogP contribution in [0.3, 0.4) is 0 Å². The molecule has 2 aliphatic rings. The number of sulfonamides is 1. The molecule has 1 aromatic rings. The fraction of sp³-hybridized carbons (Fsp3) is 0.600. The second kappa shape index (κ2) is 5.47. The molecule has 0 amide bonds. The van der Waals surface area contributed by atoms with E-state index < -0.39 is 10.0 Å². The van der Waals surface area contributed by atoms with Gasteiger partial charge in [-0.15, -0.1) is 0 Å². The van der Waals surface area contributed by atoms with Gasteiger partial charge in [0.1, 0.15) is 0 Å². The largest absolute Gasteiger partial charge is 0.330 e. The molecule has 3 N–H and O–H groups in total. The highest BCUT2D eigenvalue weighted by molar-refractivity contribution is 7.89. The second-order valence-electron chi connectivity index (χ2n) is 5.94. The summed E-state index contributed by atoms with van der Waals surface area (Å²) in [5.41, 5.74) is 8.21. The van der Waals surface area contributed by atoms with Crippen molar-refractivity contribution < 1.29 is 8.42 Å². The van der Waals surface area contributed by atoms with E-state index in [4.69, 9.17) is 5.73 Å². The average Bonchev–Trinajstić information content (AvgIpc) is 3.05. The fourth-order valence-corrected chi connectivity index (χ4v) is 4.85. The van der Waals surface area contributed by atoms with Crippen molar-refractivity contribution in [3.8, 4) is 0 Å². The van der Waals surface area contributed by atoms with Crippen molar-refractivity contribution in [3.63, 3.8) is 0 Å². The van der Waals surface area contributed by atoms with Gasteiger partial charge in [-0.3, -0.25) is 0 Å². The highest BCUT2D eigenvalue weighted by Crippen LogP contribution is 2.28. The third-order valence-electron chi connectivity index (χ3n) is 4.65. The van der Waals surface area contributed by atoms with Crippen molar-refractivity contribution in [2.75, 3.05) is 6.54 Å². The van der Waals surface area contributed by atoms with E-state index in [9.17, 15) is 8.42 Å². The number of nitrogens with two attached hydrogens (primary N) is 1. The SMILES string of the molecule is NCC1CCCC1NS(=O)(=O)c1ccc2c(c1)CCC2. The maximum absolute atomic E-state index is 12.5. The van der Waals surface area contributed by atoms with Gasteiger partial charge in [0, 0.05) is 6.04 Å². The second-order valence-corrected chi connectivity index (χ2v) is 7.65. The van der Waals surface area contributed by atoms with E-state index in [1.807, 2.05) is 12.1 Å². The normalized spacial score (nSPS) is 25.9. The highest BCUT2D eigenvalue weighted by atomic mass is 32.2. The highest BCUT2D eigenvalue weighted by Gasteiger charge is 2.30. The minimum absolute atomic E-state index is 0.00162. The zero-order valence-electron chi connectivity index (χ0n) is 11.6. The Balaban J connectivity index is 1.81. The molecule has 0 heterocycles. The maximum atomic E-state index is 12.5. The van der Waals surface area contributed by atoms with Crippen LogP contribution in [0.5, 0.6) is 0 Å². The molecular weight excluding hydrogens is 272 g/mol. The summed E-state index contributed by atoms with van der Waals surface area (Å²) in [7, 11) is -3.41. The van der Waals surface area contributed by atoms with Gasteiger partial charge in [0.15, 0.2) is 0 Å². The monoisotopic (exact) mass is 294 g/mol. The average molecular weight is 294 g/mol. The third kappa shape index (κ3) is 2.62. The molecule has 0 saturated heterocycles. The number of aryl methyl sites for hydroxylation is 2. The Kier molecular flexibility index (Phi) is 3.84. The molecule has 1 fully saturated rings. The summed E-state index contributed by atoms with van der Waals surface area (Å²) in [5, 5.41) is 0. The van der Waals surface area contributed by atoms with Gasteiger partial charge in [0.2, 0.25) is 10.0 Å². The number of hydrogen-bond acceptors (Lipinski definition) is 3. The molecule has 0 aromatic heterocycles. The Morgan fingerprint density at radius 1 is 1.15 bits per heavy atom. The molecule has 1 saturated carbocycles. The van der Waals surface area contributed by atoms with Crippen LogP contribution in [0.25, 0.3) is 0 Å². The van der Waals surface area contributed by atoms with Crippen molar-refractivity contribution in [2.24, 2.45) is 11.7 Å². The van der Waals surface area contributed by atoms with Crippen LogP contribution in [0, 0.1) is 5.92 Å². The van der Waals surface area contributed by atoms with Crippen molar-refractivity contribution in [1.29, 1.82) is 0 Å². The molecule has 3 rings (SSSR count). The van der Waals surface area contributed by atoms with Gasteiger partial charge in [0.25, 0.3) is 0 Å². The fourth-order valence-electron chi connectivity index (χ4n) is 3.46. The Morgan fingerprint density at radius 3 is 2.75 bits per heavy atom. The first-order valence-corrected chi connectivity index (χ1v) is 8.92. The summed E-state index contributed by atoms with van der Waals surface area (Å²) in [6, 6.07) is 5.54. The van der Waals surface area contributed by atoms with E-state index in [0.717, 1.165) is 38.5 Å². The van der Waals surface area contributed by atoms with E-state index in [2.05, 4.69) is 4.72 Å². The number of benzene rings is 1. The summed E-state index contributed by atoms with van der Waals surface area (Å²) in [4.78, 5) is 0.404. The topological polar surface area (TPSA) is 72.2 Å². The van der Waals surface area contributed by atoms with E-state index in [0.29, 0.717) is 11.4 Å². The molecule has 0 aliphatic heterocycles. The molecule has 0 spiro atoms. The molecule has 0 radical (unpaired) electrons. The van der Waals surface area contributed by atoms with Gasteiger partial charge in [-0.2, -0.15) is 0 Å². The minimum Gasteiger partial charge on any atom is -0.330 e. The predicted octanol–water partition coefficient (Wildman–Crippen LogP) is 1.58. The van der Waals surface area contributed by atoms with E-state index in [-0.39, 0.29) is 12.0 Å². The van der Waals surface area contributed by atoms with Crippen LogP contribution in [0.1, 0.15) is 36.8 Å². The lowest BCUT2D eigenvalue weighted by Crippen LogP contribution is -2.39. The Morgan fingerprint density at radius 2 is 1.95 bits per heavy atom. The lowest BCUT2D eigenvalue weighted by atomic mass is 10.1. The van der Waals surface area contributed by atoms with Crippen LogP contribution in [0.4, 0.5) is 0 Å². The Hall–Kier alpha value is -0.910. The zero-order chi connectivity index (χ0) is 14.2. The molecule has 20 heavy (non-hydrogen) atoms. The predicted molar refractivity (Wildman–Crippen MR) is 79.0 cm³/mol. The first-order chi connectivity index (χ1) is 9.60. The van der Waals surface area contributed by atoms with E-state index in [1.54, 1.807) is 6.07 Å². The summed E-state index contributed by atoms with van der Waals surface area (Å²) < 4.78 is 27.9. The Bertz CT molecular complexity index is 598. The van der Waals surface area contributed by atoms with E-state index in [1.165, 1.54) is 11.1 Å². The lowest BCUT2D eigenvalue weighted by molar-refractivity contribution is 0.453. The van der Waals surface area contributed by atoms with Gasteiger partial charge < -0.3 is 5.73 Å². The van der Waals surface area contributed by atoms with Crippen LogP contribution in [0.15, 0.2) is 23.1 Å². The summed E-state index contributed by atoms with van der Waals surface area (Å²) in [6.07, 6.45) is 6.16. The molecule has 5 heteroatoms. The van der Waals surface area contributed by atoms with Gasteiger partial charge >= 0.3 is 0 Å². The van der Waals surface area contributed by atoms with Crippen molar-refractivity contribution in [2.45, 2.75) is 49.5 Å². The third-order valence-corrected chi connectivity index (χ3v) is 6.14. The molecule has 2 atom stereocenters. The van der Waals surface area contributed by atoms with Gasteiger partial charge in [-0.1, -0.05) is 12.5 Å². The first-order valence-electron chi connectivity index (χ1n) is 7.44. The molecular formula is C15H22N2O2S. The van der Waals surface area contributed by atoms with Gasteiger partial charge in [0.05, 0.1) is 4.90 Å². The molecule has 110 valence electrons. The minimum atomic E-state index is -3.41. The lowest BCUT2D eigenvalue weighted by Gasteiger charge is -2.19. The summed E-state index contributed by atoms with van der Waals surface area (Å²) >= 11 is 0. The number of rotatable bonds is 4. The van der Waals surface area contributed by atoms with Crippen molar-refractivity contribution >= 4 is 10.0 Å². The molecule has 1 aromatic carbocycles. The smallest absolute Gasteiger partial charge is 0.240 e. The number of hydrogen-bond donors (Lipinski definition) is 2. The standard InChI is InChI=1S/C15H22N2O2S/c16-10-13-5-2-6-15(13)17-20(18,19)14-8-7-11-3-1-4-12(11)9-14/h7-9,13,15,17H,1-6,10,16H2. The van der Waals surface area contributed by atoms with Crippen LogP contribution < -0.4 is 10.5 Å². The van der Waals surface area contributed by atoms with Crippen LogP contribution in [-0.4, -0.2) is 21.0 Å². The van der Waals surface area contributed by atoms with Crippen molar-refractivity contribution in [1.82, 2.24) is 4.72 Å². The van der Waals surface area contributed by atoms with Gasteiger partial charge in [-0.25, -0.2) is 13.1 Å². The summed E-state index contributed by atoms with van der Waals surface area (Å²) in [6.45, 7) is 0.553.